The van der Waals surface area contributed by atoms with Crippen LogP contribution in [0, 0.1) is 0 Å². The minimum Gasteiger partial charge on any atom is -0.444 e. The van der Waals surface area contributed by atoms with Crippen molar-refractivity contribution in [3.05, 3.63) is 17.8 Å². The quantitative estimate of drug-likeness (QED) is 0.715. The van der Waals surface area contributed by atoms with Crippen LogP contribution in [-0.4, -0.2) is 30.7 Å². The highest BCUT2D eigenvalue weighted by molar-refractivity contribution is 4.94. The number of hydrogen-bond acceptors (Lipinski definition) is 4. The van der Waals surface area contributed by atoms with E-state index >= 15 is 0 Å². The van der Waals surface area contributed by atoms with Crippen molar-refractivity contribution in [1.82, 2.24) is 10.3 Å². The maximum atomic E-state index is 11.8. The molecule has 0 aromatic carbocycles. The Bertz CT molecular complexity index is 316. The smallest absolute Gasteiger partial charge is 0.261 e. The van der Waals surface area contributed by atoms with Crippen molar-refractivity contribution in [1.29, 1.82) is 0 Å². The molecule has 98 valence electrons. The zero-order chi connectivity index (χ0) is 12.7. The number of rotatable bonds is 8. The van der Waals surface area contributed by atoms with Crippen molar-refractivity contribution in [2.75, 3.05) is 13.2 Å². The van der Waals surface area contributed by atoms with Crippen molar-refractivity contribution in [3.8, 4) is 0 Å². The van der Waals surface area contributed by atoms with Crippen LogP contribution in [0.5, 0.6) is 0 Å². The number of alkyl halides is 2. The third-order valence-corrected chi connectivity index (χ3v) is 2.00. The molecule has 0 unspecified atom stereocenters. The van der Waals surface area contributed by atoms with Crippen LogP contribution in [0.2, 0.25) is 0 Å². The molecule has 6 heteroatoms. The van der Waals surface area contributed by atoms with Gasteiger partial charge in [0.15, 0.2) is 0 Å². The topological polar surface area (TPSA) is 47.3 Å². The van der Waals surface area contributed by atoms with Gasteiger partial charge < -0.3 is 14.5 Å². The number of ether oxygens (including phenoxy) is 1. The summed E-state index contributed by atoms with van der Waals surface area (Å²) in [7, 11) is 0. The molecule has 0 bridgehead atoms. The molecule has 1 N–H and O–H groups in total. The monoisotopic (exact) mass is 248 g/mol. The number of aromatic nitrogens is 1. The van der Waals surface area contributed by atoms with Gasteiger partial charge in [0.05, 0.1) is 19.3 Å². The van der Waals surface area contributed by atoms with Gasteiger partial charge in [0.2, 0.25) is 5.89 Å². The van der Waals surface area contributed by atoms with Crippen molar-refractivity contribution in [2.45, 2.75) is 39.3 Å². The normalized spacial score (nSPS) is 11.6. The molecular weight excluding hydrogens is 230 g/mol. The first kappa shape index (κ1) is 14.1. The van der Waals surface area contributed by atoms with E-state index in [1.165, 1.54) is 0 Å². The van der Waals surface area contributed by atoms with Gasteiger partial charge >= 0.3 is 0 Å². The molecule has 1 rings (SSSR count). The summed E-state index contributed by atoms with van der Waals surface area (Å²) in [5.74, 6) is 1.25. The Labute approximate surface area is 99.4 Å². The van der Waals surface area contributed by atoms with Gasteiger partial charge in [0, 0.05) is 12.5 Å². The van der Waals surface area contributed by atoms with Crippen LogP contribution < -0.4 is 5.32 Å². The Hall–Kier alpha value is -1.01. The average molecular weight is 248 g/mol. The highest BCUT2D eigenvalue weighted by atomic mass is 19.3. The van der Waals surface area contributed by atoms with E-state index in [9.17, 15) is 8.78 Å². The van der Waals surface area contributed by atoms with E-state index in [0.29, 0.717) is 30.7 Å². The lowest BCUT2D eigenvalue weighted by Crippen LogP contribution is -2.21. The third-order valence-electron chi connectivity index (χ3n) is 2.00. The first-order valence-electron chi connectivity index (χ1n) is 5.60. The highest BCUT2D eigenvalue weighted by Crippen LogP contribution is 2.05. The highest BCUT2D eigenvalue weighted by Gasteiger charge is 2.06. The molecule has 1 aromatic heterocycles. The fourth-order valence-corrected chi connectivity index (χ4v) is 1.18. The number of oxazole rings is 1. The van der Waals surface area contributed by atoms with E-state index in [0.717, 1.165) is 0 Å². The van der Waals surface area contributed by atoms with Gasteiger partial charge in [-0.3, -0.25) is 0 Å². The van der Waals surface area contributed by atoms with E-state index in [1.807, 2.05) is 13.8 Å². The predicted molar refractivity (Wildman–Crippen MR) is 59.0 cm³/mol. The fraction of sp³-hybridized carbons (Fsp3) is 0.727. The molecule has 17 heavy (non-hydrogen) atoms. The van der Waals surface area contributed by atoms with Gasteiger partial charge in [-0.15, -0.1) is 0 Å². The minimum atomic E-state index is -2.42. The summed E-state index contributed by atoms with van der Waals surface area (Å²) in [5.41, 5.74) is 0. The van der Waals surface area contributed by atoms with Crippen molar-refractivity contribution in [3.63, 3.8) is 0 Å². The Morgan fingerprint density at radius 1 is 1.47 bits per heavy atom. The van der Waals surface area contributed by atoms with Crippen molar-refractivity contribution >= 4 is 0 Å². The lowest BCUT2D eigenvalue weighted by molar-refractivity contribution is 0.0176. The molecule has 0 saturated heterocycles. The number of hydrogen-bond donors (Lipinski definition) is 1. The second kappa shape index (κ2) is 7.34. The Morgan fingerprint density at radius 2 is 2.24 bits per heavy atom. The van der Waals surface area contributed by atoms with Crippen LogP contribution in [-0.2, 0) is 17.7 Å². The maximum absolute atomic E-state index is 11.8. The Morgan fingerprint density at radius 3 is 2.88 bits per heavy atom. The van der Waals surface area contributed by atoms with Crippen LogP contribution >= 0.6 is 0 Å². The van der Waals surface area contributed by atoms with Gasteiger partial charge in [-0.05, 0) is 0 Å². The second-order valence-corrected chi connectivity index (χ2v) is 3.97. The summed E-state index contributed by atoms with van der Waals surface area (Å²) >= 11 is 0. The molecule has 0 aliphatic heterocycles. The molecule has 1 heterocycles. The Balaban J connectivity index is 2.21. The third kappa shape index (κ3) is 6.33. The average Bonchev–Trinajstić information content (AvgIpc) is 2.69. The van der Waals surface area contributed by atoms with E-state index in [4.69, 9.17) is 9.15 Å². The molecule has 4 nitrogen and oxygen atoms in total. The summed E-state index contributed by atoms with van der Waals surface area (Å²) in [6.07, 6.45) is -0.361. The second-order valence-electron chi connectivity index (χ2n) is 3.97. The summed E-state index contributed by atoms with van der Waals surface area (Å²) < 4.78 is 33.7. The van der Waals surface area contributed by atoms with Crippen molar-refractivity contribution in [2.24, 2.45) is 0 Å². The molecule has 1 aromatic rings. The SMILES string of the molecule is CC(C)NCc1ncc(CCOCC(F)F)o1. The summed E-state index contributed by atoms with van der Waals surface area (Å²) in [6.45, 7) is 4.31. The summed E-state index contributed by atoms with van der Waals surface area (Å²) in [4.78, 5) is 4.07. The van der Waals surface area contributed by atoms with Crippen LogP contribution in [0.3, 0.4) is 0 Å². The van der Waals surface area contributed by atoms with Crippen molar-refractivity contribution < 1.29 is 17.9 Å². The van der Waals surface area contributed by atoms with E-state index in [1.54, 1.807) is 6.20 Å². The lowest BCUT2D eigenvalue weighted by atomic mass is 10.4. The van der Waals surface area contributed by atoms with Gasteiger partial charge in [-0.25, -0.2) is 13.8 Å². The maximum Gasteiger partial charge on any atom is 0.261 e. The first-order chi connectivity index (χ1) is 8.08. The largest absolute Gasteiger partial charge is 0.444 e. The number of nitrogens with one attached hydrogen (secondary N) is 1. The lowest BCUT2D eigenvalue weighted by Gasteiger charge is -2.04. The fourth-order valence-electron chi connectivity index (χ4n) is 1.18. The van der Waals surface area contributed by atoms with Gasteiger partial charge in [0.25, 0.3) is 6.43 Å². The Kier molecular flexibility index (Phi) is 6.07. The standard InChI is InChI=1S/C11H18F2N2O2/c1-8(2)14-6-11-15-5-9(17-11)3-4-16-7-10(12)13/h5,8,10,14H,3-4,6-7H2,1-2H3. The number of halogens is 2. The van der Waals surface area contributed by atoms with E-state index in [2.05, 4.69) is 10.3 Å². The number of nitrogens with zero attached hydrogens (tertiary/aromatic N) is 1. The summed E-state index contributed by atoms with van der Waals surface area (Å²) in [6, 6.07) is 0.361. The molecule has 0 aliphatic rings. The molecule has 0 saturated carbocycles. The zero-order valence-corrected chi connectivity index (χ0v) is 10.1. The predicted octanol–water partition coefficient (Wildman–Crippen LogP) is 2.00. The van der Waals surface area contributed by atoms with Gasteiger partial charge in [-0.1, -0.05) is 13.8 Å². The first-order valence-corrected chi connectivity index (χ1v) is 5.60. The minimum absolute atomic E-state index is 0.219. The van der Waals surface area contributed by atoms with Gasteiger partial charge in [-0.2, -0.15) is 0 Å². The van der Waals surface area contributed by atoms with E-state index < -0.39 is 13.0 Å². The van der Waals surface area contributed by atoms with Crippen LogP contribution in [0.4, 0.5) is 8.78 Å². The molecule has 0 fully saturated rings. The molecule has 0 radical (unpaired) electrons. The summed E-state index contributed by atoms with van der Waals surface area (Å²) in [5, 5.41) is 3.17. The zero-order valence-electron chi connectivity index (χ0n) is 10.1. The molecule has 0 atom stereocenters. The molecule has 0 aliphatic carbocycles. The molecule has 0 spiro atoms. The van der Waals surface area contributed by atoms with Crippen LogP contribution in [0.25, 0.3) is 0 Å². The molecule has 0 amide bonds. The van der Waals surface area contributed by atoms with Crippen LogP contribution in [0.1, 0.15) is 25.5 Å². The van der Waals surface area contributed by atoms with Crippen LogP contribution in [0.15, 0.2) is 10.6 Å². The molecular formula is C11H18F2N2O2. The van der Waals surface area contributed by atoms with E-state index in [-0.39, 0.29) is 6.61 Å². The van der Waals surface area contributed by atoms with Gasteiger partial charge in [0.1, 0.15) is 12.4 Å².